The molecule has 0 saturated heterocycles. The first-order valence-corrected chi connectivity index (χ1v) is 14.0. The van der Waals surface area contributed by atoms with E-state index in [4.69, 9.17) is 28.3 Å². The van der Waals surface area contributed by atoms with E-state index in [2.05, 4.69) is 14.7 Å². The molecule has 192 valence electrons. The number of nitrogens with zero attached hydrogens (tertiary/aromatic N) is 4. The first-order valence-electron chi connectivity index (χ1n) is 11.8. The number of hydrazone groups is 1. The van der Waals surface area contributed by atoms with Crippen molar-refractivity contribution in [3.8, 4) is 0 Å². The number of halogens is 2. The molecule has 0 fully saturated rings. The number of aromatic nitrogens is 1. The van der Waals surface area contributed by atoms with Crippen LogP contribution in [0.1, 0.15) is 22.6 Å². The van der Waals surface area contributed by atoms with Crippen molar-refractivity contribution in [1.82, 2.24) is 15.3 Å². The molecule has 1 atom stereocenters. The largest absolute Gasteiger partial charge is 0.350 e. The molecule has 38 heavy (non-hydrogen) atoms. The van der Waals surface area contributed by atoms with Gasteiger partial charge in [0, 0.05) is 34.9 Å². The number of rotatable bonds is 6. The minimum absolute atomic E-state index is 0.0308. The lowest BCUT2D eigenvalue weighted by atomic mass is 9.91. The minimum Gasteiger partial charge on any atom is -0.350 e. The molecule has 7 nitrogen and oxygen atoms in total. The van der Waals surface area contributed by atoms with Crippen molar-refractivity contribution >= 4 is 44.9 Å². The fourth-order valence-corrected chi connectivity index (χ4v) is 5.31. The molecule has 2 heterocycles. The summed E-state index contributed by atoms with van der Waals surface area (Å²) in [5.74, 6) is -0.0188. The van der Waals surface area contributed by atoms with Crippen molar-refractivity contribution in [3.63, 3.8) is 0 Å². The third kappa shape index (κ3) is 6.05. The number of hydrogen-bond acceptors (Lipinski definition) is 4. The number of guanidine groups is 1. The first kappa shape index (κ1) is 25.9. The van der Waals surface area contributed by atoms with Gasteiger partial charge < -0.3 is 5.32 Å². The van der Waals surface area contributed by atoms with Gasteiger partial charge in [-0.25, -0.2) is 5.01 Å². The summed E-state index contributed by atoms with van der Waals surface area (Å²) in [5, 5.41) is 10.7. The predicted octanol–water partition coefficient (Wildman–Crippen LogP) is 5.73. The predicted molar refractivity (Wildman–Crippen MR) is 151 cm³/mol. The van der Waals surface area contributed by atoms with Crippen LogP contribution in [0.15, 0.2) is 118 Å². The fraction of sp³-hybridized carbons (Fsp3) is 0.107. The van der Waals surface area contributed by atoms with Crippen LogP contribution in [-0.2, 0) is 16.6 Å². The Morgan fingerprint density at radius 3 is 2.26 bits per heavy atom. The van der Waals surface area contributed by atoms with Crippen LogP contribution in [0.2, 0.25) is 10.0 Å². The lowest BCUT2D eigenvalue weighted by Gasteiger charge is -2.19. The summed E-state index contributed by atoms with van der Waals surface area (Å²) in [6.45, 7) is 0.693. The lowest BCUT2D eigenvalue weighted by molar-refractivity contribution is 0.455. The molecule has 1 unspecified atom stereocenters. The van der Waals surface area contributed by atoms with Crippen molar-refractivity contribution in [2.45, 2.75) is 17.4 Å². The van der Waals surface area contributed by atoms with Gasteiger partial charge in [-0.1, -0.05) is 71.7 Å². The van der Waals surface area contributed by atoms with Crippen molar-refractivity contribution in [1.29, 1.82) is 0 Å². The number of pyridine rings is 1. The molecule has 0 bridgehead atoms. The van der Waals surface area contributed by atoms with E-state index in [1.54, 1.807) is 17.4 Å². The molecule has 0 radical (unpaired) electrons. The molecule has 5 rings (SSSR count). The van der Waals surface area contributed by atoms with Gasteiger partial charge in [0.2, 0.25) is 5.96 Å². The van der Waals surface area contributed by atoms with E-state index in [-0.39, 0.29) is 16.8 Å². The minimum atomic E-state index is -4.07. The van der Waals surface area contributed by atoms with Crippen LogP contribution in [-0.4, -0.2) is 36.6 Å². The van der Waals surface area contributed by atoms with Gasteiger partial charge in [0.1, 0.15) is 0 Å². The Bertz CT molecular complexity index is 1560. The average Bonchev–Trinajstić information content (AvgIpc) is 3.38. The molecule has 4 aromatic rings. The van der Waals surface area contributed by atoms with Crippen LogP contribution in [0.25, 0.3) is 0 Å². The van der Waals surface area contributed by atoms with Crippen LogP contribution in [0.5, 0.6) is 0 Å². The van der Waals surface area contributed by atoms with Gasteiger partial charge >= 0.3 is 0 Å². The molecule has 3 aromatic carbocycles. The average molecular weight is 564 g/mol. The molecule has 1 aliphatic rings. The topological polar surface area (TPSA) is 87.0 Å². The maximum Gasteiger partial charge on any atom is 0.285 e. The fourth-order valence-electron chi connectivity index (χ4n) is 4.09. The summed E-state index contributed by atoms with van der Waals surface area (Å²) in [4.78, 5) is 4.17. The molecule has 1 aromatic heterocycles. The SMILES string of the molecule is O=S(=O)(/N=C(\NCc1cccnc1)N1CC(c2ccccc2)C(c2ccc(Cl)cc2)=N1)c1ccc(Cl)cc1. The van der Waals surface area contributed by atoms with E-state index >= 15 is 0 Å². The molecule has 0 amide bonds. The molecule has 1 aliphatic heterocycles. The Morgan fingerprint density at radius 2 is 1.61 bits per heavy atom. The van der Waals surface area contributed by atoms with Crippen LogP contribution in [0.4, 0.5) is 0 Å². The second-order valence-corrected chi connectivity index (χ2v) is 11.1. The quantitative estimate of drug-likeness (QED) is 0.239. The highest BCUT2D eigenvalue weighted by Crippen LogP contribution is 2.30. The second-order valence-electron chi connectivity index (χ2n) is 8.60. The van der Waals surface area contributed by atoms with Gasteiger partial charge in [0.25, 0.3) is 10.0 Å². The molecular formula is C28H23Cl2N5O2S. The molecule has 0 saturated carbocycles. The Labute approximate surface area is 231 Å². The Morgan fingerprint density at radius 1 is 0.921 bits per heavy atom. The summed E-state index contributed by atoms with van der Waals surface area (Å²) in [6, 6.07) is 27.0. The molecule has 1 N–H and O–H groups in total. The Hall–Kier alpha value is -3.72. The Balaban J connectivity index is 1.56. The summed E-state index contributed by atoms with van der Waals surface area (Å²) in [7, 11) is -4.07. The van der Waals surface area contributed by atoms with Gasteiger partial charge in [-0.2, -0.15) is 13.5 Å². The standard InChI is InChI=1S/C28H23Cl2N5O2S/c29-23-10-8-22(9-11-23)27-26(21-6-2-1-3-7-21)19-35(33-27)28(32-18-20-5-4-16-31-17-20)34-38(36,37)25-14-12-24(30)13-15-25/h1-17,26H,18-19H2,(H,32,34). The summed E-state index contributed by atoms with van der Waals surface area (Å²) >= 11 is 12.1. The maximum absolute atomic E-state index is 13.3. The highest BCUT2D eigenvalue weighted by atomic mass is 35.5. The van der Waals surface area contributed by atoms with Gasteiger partial charge in [0.15, 0.2) is 0 Å². The van der Waals surface area contributed by atoms with Crippen LogP contribution in [0.3, 0.4) is 0 Å². The van der Waals surface area contributed by atoms with E-state index in [9.17, 15) is 8.42 Å². The maximum atomic E-state index is 13.3. The van der Waals surface area contributed by atoms with Crippen molar-refractivity contribution in [2.75, 3.05) is 6.54 Å². The van der Waals surface area contributed by atoms with Gasteiger partial charge in [-0.05, 0) is 59.2 Å². The third-order valence-corrected chi connectivity index (χ3v) is 7.78. The second kappa shape index (κ2) is 11.3. The van der Waals surface area contributed by atoms with Crippen LogP contribution < -0.4 is 5.32 Å². The highest BCUT2D eigenvalue weighted by Gasteiger charge is 2.32. The van der Waals surface area contributed by atoms with Gasteiger partial charge in [0.05, 0.1) is 17.2 Å². The van der Waals surface area contributed by atoms with Gasteiger partial charge in [-0.3, -0.25) is 4.98 Å². The summed E-state index contributed by atoms with van der Waals surface area (Å²) < 4.78 is 30.8. The van der Waals surface area contributed by atoms with Crippen molar-refractivity contribution in [2.24, 2.45) is 9.50 Å². The third-order valence-electron chi connectivity index (χ3n) is 5.99. The molecule has 0 spiro atoms. The van der Waals surface area contributed by atoms with Crippen molar-refractivity contribution in [3.05, 3.63) is 130 Å². The van der Waals surface area contributed by atoms with Gasteiger partial charge in [-0.15, -0.1) is 4.40 Å². The number of hydrogen-bond donors (Lipinski definition) is 1. The smallest absolute Gasteiger partial charge is 0.285 e. The zero-order chi connectivity index (χ0) is 26.5. The van der Waals surface area contributed by atoms with E-state index in [1.165, 1.54) is 24.3 Å². The summed E-state index contributed by atoms with van der Waals surface area (Å²) in [5.41, 5.74) is 3.59. The number of sulfonamides is 1. The normalized spacial score (nSPS) is 15.8. The molecular weight excluding hydrogens is 541 g/mol. The van der Waals surface area contributed by atoms with E-state index in [1.807, 2.05) is 66.7 Å². The Kier molecular flexibility index (Phi) is 7.74. The zero-order valence-corrected chi connectivity index (χ0v) is 22.4. The molecule has 10 heteroatoms. The van der Waals surface area contributed by atoms with E-state index in [0.717, 1.165) is 22.4 Å². The molecule has 0 aliphatic carbocycles. The van der Waals surface area contributed by atoms with E-state index in [0.29, 0.717) is 23.1 Å². The highest BCUT2D eigenvalue weighted by molar-refractivity contribution is 7.90. The van der Waals surface area contributed by atoms with Crippen LogP contribution >= 0.6 is 23.2 Å². The number of benzene rings is 3. The lowest BCUT2D eigenvalue weighted by Crippen LogP contribution is -2.38. The first-order chi connectivity index (χ1) is 18.4. The van der Waals surface area contributed by atoms with Crippen LogP contribution in [0, 0.1) is 0 Å². The summed E-state index contributed by atoms with van der Waals surface area (Å²) in [6.07, 6.45) is 3.38. The zero-order valence-electron chi connectivity index (χ0n) is 20.1. The van der Waals surface area contributed by atoms with Crippen molar-refractivity contribution < 1.29 is 8.42 Å². The monoisotopic (exact) mass is 563 g/mol. The number of nitrogens with one attached hydrogen (secondary N) is 1. The van der Waals surface area contributed by atoms with E-state index < -0.39 is 10.0 Å².